The SMILES string of the molecule is Nc1ncc(CN(Cc2ccccn2)Cc2ccco2)cn1. The third-order valence-electron chi connectivity index (χ3n) is 3.20. The monoisotopic (exact) mass is 295 g/mol. The van der Waals surface area contributed by atoms with Crippen molar-refractivity contribution >= 4 is 5.95 Å². The van der Waals surface area contributed by atoms with Crippen molar-refractivity contribution in [2.24, 2.45) is 0 Å². The van der Waals surface area contributed by atoms with Gasteiger partial charge in [0.05, 0.1) is 18.5 Å². The summed E-state index contributed by atoms with van der Waals surface area (Å²) in [6.45, 7) is 2.09. The van der Waals surface area contributed by atoms with Crippen LogP contribution in [0.4, 0.5) is 5.95 Å². The average Bonchev–Trinajstić information content (AvgIpc) is 3.03. The summed E-state index contributed by atoms with van der Waals surface area (Å²) in [5, 5.41) is 0. The zero-order valence-electron chi connectivity index (χ0n) is 12.1. The van der Waals surface area contributed by atoms with E-state index in [-0.39, 0.29) is 5.95 Å². The van der Waals surface area contributed by atoms with Crippen molar-refractivity contribution in [3.8, 4) is 0 Å². The number of hydrogen-bond donors (Lipinski definition) is 1. The molecule has 0 saturated heterocycles. The van der Waals surface area contributed by atoms with Gasteiger partial charge in [-0.05, 0) is 24.3 Å². The first-order valence-electron chi connectivity index (χ1n) is 7.00. The lowest BCUT2D eigenvalue weighted by atomic mass is 10.2. The average molecular weight is 295 g/mol. The Bertz CT molecular complexity index is 682. The van der Waals surface area contributed by atoms with Crippen LogP contribution in [0.5, 0.6) is 0 Å². The van der Waals surface area contributed by atoms with Crippen LogP contribution in [-0.4, -0.2) is 19.9 Å². The number of anilines is 1. The first-order chi connectivity index (χ1) is 10.8. The molecular weight excluding hydrogens is 278 g/mol. The van der Waals surface area contributed by atoms with Gasteiger partial charge in [-0.2, -0.15) is 0 Å². The molecule has 0 unspecified atom stereocenters. The van der Waals surface area contributed by atoms with Crippen molar-refractivity contribution < 1.29 is 4.42 Å². The van der Waals surface area contributed by atoms with Gasteiger partial charge in [-0.15, -0.1) is 0 Å². The van der Waals surface area contributed by atoms with Crippen molar-refractivity contribution in [1.29, 1.82) is 0 Å². The van der Waals surface area contributed by atoms with Crippen molar-refractivity contribution in [2.75, 3.05) is 5.73 Å². The number of rotatable bonds is 6. The predicted molar refractivity (Wildman–Crippen MR) is 82.3 cm³/mol. The number of pyridine rings is 1. The second-order valence-corrected chi connectivity index (χ2v) is 5.00. The first-order valence-corrected chi connectivity index (χ1v) is 7.00. The molecule has 3 aromatic rings. The molecule has 22 heavy (non-hydrogen) atoms. The highest BCUT2D eigenvalue weighted by Gasteiger charge is 2.11. The molecule has 3 heterocycles. The molecule has 2 N–H and O–H groups in total. The molecule has 0 radical (unpaired) electrons. The van der Waals surface area contributed by atoms with Gasteiger partial charge in [-0.25, -0.2) is 9.97 Å². The van der Waals surface area contributed by atoms with E-state index < -0.39 is 0 Å². The Kier molecular flexibility index (Phi) is 4.41. The van der Waals surface area contributed by atoms with Crippen LogP contribution < -0.4 is 5.73 Å². The van der Waals surface area contributed by atoms with Crippen LogP contribution in [0.2, 0.25) is 0 Å². The Balaban J connectivity index is 1.74. The summed E-state index contributed by atoms with van der Waals surface area (Å²) >= 11 is 0. The van der Waals surface area contributed by atoms with E-state index in [4.69, 9.17) is 10.2 Å². The predicted octanol–water partition coefficient (Wildman–Crippen LogP) is 2.25. The topological polar surface area (TPSA) is 81.1 Å². The molecule has 0 aliphatic carbocycles. The van der Waals surface area contributed by atoms with Gasteiger partial charge in [-0.1, -0.05) is 6.07 Å². The quantitative estimate of drug-likeness (QED) is 0.751. The maximum atomic E-state index is 5.53. The Morgan fingerprint density at radius 1 is 0.955 bits per heavy atom. The maximum Gasteiger partial charge on any atom is 0.219 e. The van der Waals surface area contributed by atoms with E-state index in [9.17, 15) is 0 Å². The molecule has 0 spiro atoms. The van der Waals surface area contributed by atoms with Crippen LogP contribution in [-0.2, 0) is 19.6 Å². The molecule has 0 fully saturated rings. The zero-order chi connectivity index (χ0) is 15.2. The molecule has 0 bridgehead atoms. The highest BCUT2D eigenvalue weighted by Crippen LogP contribution is 2.13. The van der Waals surface area contributed by atoms with E-state index in [0.717, 1.165) is 17.0 Å². The van der Waals surface area contributed by atoms with Crippen LogP contribution in [0.1, 0.15) is 17.0 Å². The molecule has 112 valence electrons. The minimum absolute atomic E-state index is 0.283. The molecule has 0 amide bonds. The number of aromatic nitrogens is 3. The van der Waals surface area contributed by atoms with E-state index in [1.165, 1.54) is 0 Å². The number of furan rings is 1. The summed E-state index contributed by atoms with van der Waals surface area (Å²) in [7, 11) is 0. The standard InChI is InChI=1S/C16H17N5O/c17-16-19-8-13(9-20-16)10-21(12-15-5-3-7-22-15)11-14-4-1-2-6-18-14/h1-9H,10-12H2,(H2,17,19,20). The minimum atomic E-state index is 0.283. The van der Waals surface area contributed by atoms with E-state index in [2.05, 4.69) is 19.9 Å². The summed E-state index contributed by atoms with van der Waals surface area (Å²) in [6, 6.07) is 9.76. The van der Waals surface area contributed by atoms with Crippen LogP contribution in [0, 0.1) is 0 Å². The van der Waals surface area contributed by atoms with Crippen LogP contribution in [0.25, 0.3) is 0 Å². The minimum Gasteiger partial charge on any atom is -0.468 e. The highest BCUT2D eigenvalue weighted by molar-refractivity contribution is 5.17. The Morgan fingerprint density at radius 3 is 2.50 bits per heavy atom. The fraction of sp³-hybridized carbons (Fsp3) is 0.188. The zero-order valence-corrected chi connectivity index (χ0v) is 12.1. The third kappa shape index (κ3) is 3.89. The van der Waals surface area contributed by atoms with E-state index in [1.54, 1.807) is 24.9 Å². The Labute approximate surface area is 128 Å². The van der Waals surface area contributed by atoms with Gasteiger partial charge in [0.15, 0.2) is 0 Å². The largest absolute Gasteiger partial charge is 0.468 e. The lowest BCUT2D eigenvalue weighted by Gasteiger charge is -2.20. The Morgan fingerprint density at radius 2 is 1.82 bits per heavy atom. The summed E-state index contributed by atoms with van der Waals surface area (Å²) in [6.07, 6.45) is 6.97. The van der Waals surface area contributed by atoms with Crippen LogP contribution >= 0.6 is 0 Å². The number of nitrogens with two attached hydrogens (primary N) is 1. The lowest BCUT2D eigenvalue weighted by molar-refractivity contribution is 0.224. The summed E-state index contributed by atoms with van der Waals surface area (Å²) in [5.74, 6) is 1.19. The van der Waals surface area contributed by atoms with Crippen molar-refractivity contribution in [3.63, 3.8) is 0 Å². The highest BCUT2D eigenvalue weighted by atomic mass is 16.3. The smallest absolute Gasteiger partial charge is 0.219 e. The molecular formula is C16H17N5O. The molecule has 0 aliphatic rings. The van der Waals surface area contributed by atoms with Crippen LogP contribution in [0.3, 0.4) is 0 Å². The summed E-state index contributed by atoms with van der Waals surface area (Å²) in [4.78, 5) is 14.7. The molecule has 0 aromatic carbocycles. The second kappa shape index (κ2) is 6.82. The van der Waals surface area contributed by atoms with Crippen molar-refractivity contribution in [1.82, 2.24) is 19.9 Å². The van der Waals surface area contributed by atoms with Gasteiger partial charge >= 0.3 is 0 Å². The lowest BCUT2D eigenvalue weighted by Crippen LogP contribution is -2.23. The molecule has 6 heteroatoms. The van der Waals surface area contributed by atoms with E-state index in [1.807, 2.05) is 30.3 Å². The van der Waals surface area contributed by atoms with Gasteiger partial charge < -0.3 is 10.2 Å². The van der Waals surface area contributed by atoms with E-state index in [0.29, 0.717) is 19.6 Å². The van der Waals surface area contributed by atoms with Gasteiger partial charge in [0.2, 0.25) is 5.95 Å². The van der Waals surface area contributed by atoms with Crippen molar-refractivity contribution in [3.05, 3.63) is 72.2 Å². The van der Waals surface area contributed by atoms with Gasteiger partial charge in [0.25, 0.3) is 0 Å². The van der Waals surface area contributed by atoms with Crippen LogP contribution in [0.15, 0.2) is 59.6 Å². The number of hydrogen-bond acceptors (Lipinski definition) is 6. The third-order valence-corrected chi connectivity index (χ3v) is 3.20. The molecule has 0 saturated carbocycles. The van der Waals surface area contributed by atoms with Crippen molar-refractivity contribution in [2.45, 2.75) is 19.6 Å². The van der Waals surface area contributed by atoms with Gasteiger partial charge in [0, 0.05) is 37.2 Å². The first kappa shape index (κ1) is 14.2. The summed E-state index contributed by atoms with van der Waals surface area (Å²) in [5.41, 5.74) is 7.53. The molecule has 0 atom stereocenters. The van der Waals surface area contributed by atoms with E-state index >= 15 is 0 Å². The van der Waals surface area contributed by atoms with Gasteiger partial charge in [-0.3, -0.25) is 9.88 Å². The summed E-state index contributed by atoms with van der Waals surface area (Å²) < 4.78 is 5.45. The maximum absolute atomic E-state index is 5.53. The normalized spacial score (nSPS) is 11.0. The fourth-order valence-electron chi connectivity index (χ4n) is 2.22. The molecule has 3 rings (SSSR count). The Hall–Kier alpha value is -2.73. The molecule has 3 aromatic heterocycles. The number of nitrogen functional groups attached to an aromatic ring is 1. The molecule has 6 nitrogen and oxygen atoms in total. The van der Waals surface area contributed by atoms with Gasteiger partial charge in [0.1, 0.15) is 5.76 Å². The molecule has 0 aliphatic heterocycles. The second-order valence-electron chi connectivity index (χ2n) is 5.00. The number of nitrogens with zero attached hydrogens (tertiary/aromatic N) is 4. The fourth-order valence-corrected chi connectivity index (χ4v) is 2.22.